The number of cyclic esters (lactones) is 1. The molecule has 1 heterocycles. The average molecular weight is 373 g/mol. The van der Waals surface area contributed by atoms with E-state index < -0.39 is 10.9 Å². The summed E-state index contributed by atoms with van der Waals surface area (Å²) < 4.78 is 5.93. The van der Waals surface area contributed by atoms with Gasteiger partial charge in [-0.1, -0.05) is 40.2 Å². The molecule has 6 nitrogen and oxygen atoms in total. The highest BCUT2D eigenvalue weighted by Gasteiger charge is 2.25. The molecule has 23 heavy (non-hydrogen) atoms. The van der Waals surface area contributed by atoms with Crippen LogP contribution in [0.25, 0.3) is 6.08 Å². The number of esters is 1. The maximum absolute atomic E-state index is 11.9. The Balaban J connectivity index is 1.97. The van der Waals surface area contributed by atoms with Gasteiger partial charge in [-0.05, 0) is 23.8 Å². The molecule has 0 aliphatic carbocycles. The molecule has 2 aromatic rings. The Morgan fingerprint density at radius 2 is 1.96 bits per heavy atom. The molecule has 0 fully saturated rings. The molecular formula is C16H9BrN2O4. The first kappa shape index (κ1) is 15.1. The third-order valence-corrected chi connectivity index (χ3v) is 3.84. The highest BCUT2D eigenvalue weighted by atomic mass is 79.9. The number of non-ortho nitro benzene ring substituents is 1. The Hall–Kier alpha value is -2.80. The molecule has 1 aliphatic rings. The largest absolute Gasteiger partial charge is 0.402 e. The fourth-order valence-corrected chi connectivity index (χ4v) is 2.42. The first-order valence-corrected chi connectivity index (χ1v) is 7.36. The number of hydrogen-bond acceptors (Lipinski definition) is 5. The van der Waals surface area contributed by atoms with Crippen LogP contribution in [0.1, 0.15) is 11.1 Å². The second-order valence-electron chi connectivity index (χ2n) is 4.67. The van der Waals surface area contributed by atoms with E-state index in [4.69, 9.17) is 4.74 Å². The lowest BCUT2D eigenvalue weighted by molar-refractivity contribution is -0.384. The van der Waals surface area contributed by atoms with Crippen molar-refractivity contribution >= 4 is 39.6 Å². The zero-order valence-corrected chi connectivity index (χ0v) is 13.2. The van der Waals surface area contributed by atoms with Gasteiger partial charge in [0.1, 0.15) is 0 Å². The van der Waals surface area contributed by atoms with E-state index in [-0.39, 0.29) is 17.3 Å². The molecule has 0 N–H and O–H groups in total. The minimum Gasteiger partial charge on any atom is -0.402 e. The molecule has 114 valence electrons. The lowest BCUT2D eigenvalue weighted by atomic mass is 10.2. The summed E-state index contributed by atoms with van der Waals surface area (Å²) in [6.07, 6.45) is 1.59. The molecule has 0 atom stereocenters. The third-order valence-electron chi connectivity index (χ3n) is 3.12. The lowest BCUT2D eigenvalue weighted by Crippen LogP contribution is -2.05. The number of nitro benzene ring substituents is 1. The van der Waals surface area contributed by atoms with Crippen LogP contribution < -0.4 is 0 Å². The first-order chi connectivity index (χ1) is 11.0. The van der Waals surface area contributed by atoms with Crippen molar-refractivity contribution in [2.75, 3.05) is 0 Å². The van der Waals surface area contributed by atoms with Gasteiger partial charge in [-0.2, -0.15) is 0 Å². The van der Waals surface area contributed by atoms with Crippen molar-refractivity contribution in [2.24, 2.45) is 4.99 Å². The number of nitro groups is 1. The molecule has 0 bridgehead atoms. The summed E-state index contributed by atoms with van der Waals surface area (Å²) >= 11 is 3.39. The maximum atomic E-state index is 11.9. The van der Waals surface area contributed by atoms with Gasteiger partial charge < -0.3 is 4.74 Å². The van der Waals surface area contributed by atoms with E-state index >= 15 is 0 Å². The fraction of sp³-hybridized carbons (Fsp3) is 0. The van der Waals surface area contributed by atoms with Crippen LogP contribution in [0.2, 0.25) is 0 Å². The van der Waals surface area contributed by atoms with Crippen LogP contribution in [-0.2, 0) is 9.53 Å². The molecule has 0 amide bonds. The van der Waals surface area contributed by atoms with Gasteiger partial charge in [0.05, 0.1) is 4.92 Å². The Kier molecular flexibility index (Phi) is 4.03. The van der Waals surface area contributed by atoms with Gasteiger partial charge in [-0.25, -0.2) is 9.79 Å². The summed E-state index contributed by atoms with van der Waals surface area (Å²) in [7, 11) is 0. The third kappa shape index (κ3) is 3.19. The Labute approximate surface area is 139 Å². The van der Waals surface area contributed by atoms with Crippen molar-refractivity contribution in [3.05, 3.63) is 79.9 Å². The molecule has 7 heteroatoms. The highest BCUT2D eigenvalue weighted by molar-refractivity contribution is 9.10. The number of carbonyl (C=O) groups is 1. The summed E-state index contributed by atoms with van der Waals surface area (Å²) in [5.41, 5.74) is 1.20. The fourth-order valence-electron chi connectivity index (χ4n) is 2.02. The summed E-state index contributed by atoms with van der Waals surface area (Å²) in [6.45, 7) is 0. The number of aliphatic imine (C=N–C) groups is 1. The second kappa shape index (κ2) is 6.13. The van der Waals surface area contributed by atoms with Crippen LogP contribution in [-0.4, -0.2) is 16.8 Å². The molecule has 0 unspecified atom stereocenters. The Bertz CT molecular complexity index is 874. The number of rotatable bonds is 3. The molecule has 0 spiro atoms. The van der Waals surface area contributed by atoms with E-state index in [2.05, 4.69) is 20.9 Å². The zero-order valence-electron chi connectivity index (χ0n) is 11.6. The van der Waals surface area contributed by atoms with Crippen molar-refractivity contribution in [1.82, 2.24) is 0 Å². The molecule has 1 aliphatic heterocycles. The van der Waals surface area contributed by atoms with Gasteiger partial charge in [0, 0.05) is 22.2 Å². The minimum atomic E-state index is -0.595. The topological polar surface area (TPSA) is 81.8 Å². The number of ether oxygens (including phenoxy) is 1. The highest BCUT2D eigenvalue weighted by Crippen LogP contribution is 2.24. The van der Waals surface area contributed by atoms with E-state index in [9.17, 15) is 14.9 Å². The van der Waals surface area contributed by atoms with E-state index in [1.165, 1.54) is 18.2 Å². The predicted molar refractivity (Wildman–Crippen MR) is 87.8 cm³/mol. The van der Waals surface area contributed by atoms with Crippen molar-refractivity contribution in [2.45, 2.75) is 0 Å². The van der Waals surface area contributed by atoms with Gasteiger partial charge >= 0.3 is 5.97 Å². The molecule has 0 saturated carbocycles. The standard InChI is InChI=1S/C16H9BrN2O4/c17-13-7-2-1-4-10(13)9-14-16(20)23-15(18-14)11-5-3-6-12(8-11)19(21)22/h1-9H/b14-9+. The maximum Gasteiger partial charge on any atom is 0.363 e. The Morgan fingerprint density at radius 3 is 2.70 bits per heavy atom. The van der Waals surface area contributed by atoms with E-state index in [0.717, 1.165) is 10.0 Å². The van der Waals surface area contributed by atoms with E-state index in [0.29, 0.717) is 5.56 Å². The van der Waals surface area contributed by atoms with Crippen LogP contribution in [0.15, 0.2) is 63.7 Å². The summed E-state index contributed by atoms with van der Waals surface area (Å²) in [4.78, 5) is 26.4. The Morgan fingerprint density at radius 1 is 1.17 bits per heavy atom. The molecule has 0 radical (unpaired) electrons. The smallest absolute Gasteiger partial charge is 0.363 e. The SMILES string of the molecule is O=C1OC(c2cccc([N+](=O)[O-])c2)=N/C1=C/c1ccccc1Br. The van der Waals surface area contributed by atoms with Gasteiger partial charge in [0.15, 0.2) is 5.70 Å². The number of halogens is 1. The van der Waals surface area contributed by atoms with Crippen LogP contribution >= 0.6 is 15.9 Å². The molecule has 3 rings (SSSR count). The molecule has 0 aromatic heterocycles. The second-order valence-corrected chi connectivity index (χ2v) is 5.52. The van der Waals surface area contributed by atoms with Crippen LogP contribution in [0, 0.1) is 10.1 Å². The molecule has 2 aromatic carbocycles. The number of carbonyl (C=O) groups excluding carboxylic acids is 1. The predicted octanol–water partition coefficient (Wildman–Crippen LogP) is 3.70. The average Bonchev–Trinajstić information content (AvgIpc) is 2.91. The summed E-state index contributed by atoms with van der Waals surface area (Å²) in [5.74, 6) is -0.542. The zero-order chi connectivity index (χ0) is 16.4. The van der Waals surface area contributed by atoms with Crippen molar-refractivity contribution in [3.63, 3.8) is 0 Å². The van der Waals surface area contributed by atoms with Crippen molar-refractivity contribution in [1.29, 1.82) is 0 Å². The summed E-state index contributed by atoms with van der Waals surface area (Å²) in [6, 6.07) is 13.1. The van der Waals surface area contributed by atoms with Crippen molar-refractivity contribution < 1.29 is 14.5 Å². The van der Waals surface area contributed by atoms with Gasteiger partial charge in [-0.3, -0.25) is 10.1 Å². The molecular weight excluding hydrogens is 364 g/mol. The number of hydrogen-bond donors (Lipinski definition) is 0. The van der Waals surface area contributed by atoms with Crippen LogP contribution in [0.5, 0.6) is 0 Å². The monoisotopic (exact) mass is 372 g/mol. The van der Waals surface area contributed by atoms with Crippen LogP contribution in [0.4, 0.5) is 5.69 Å². The van der Waals surface area contributed by atoms with E-state index in [1.807, 2.05) is 24.3 Å². The minimum absolute atomic E-state index is 0.0528. The van der Waals surface area contributed by atoms with Gasteiger partial charge in [0.25, 0.3) is 5.69 Å². The molecule has 0 saturated heterocycles. The van der Waals surface area contributed by atoms with Crippen molar-refractivity contribution in [3.8, 4) is 0 Å². The number of benzene rings is 2. The summed E-state index contributed by atoms with van der Waals surface area (Å²) in [5, 5.41) is 10.8. The number of nitrogens with zero attached hydrogens (tertiary/aromatic N) is 2. The van der Waals surface area contributed by atoms with Gasteiger partial charge in [0.2, 0.25) is 5.90 Å². The van der Waals surface area contributed by atoms with E-state index in [1.54, 1.807) is 12.1 Å². The lowest BCUT2D eigenvalue weighted by Gasteiger charge is -1.98. The van der Waals surface area contributed by atoms with Gasteiger partial charge in [-0.15, -0.1) is 0 Å². The first-order valence-electron chi connectivity index (χ1n) is 6.56. The van der Waals surface area contributed by atoms with Crippen LogP contribution in [0.3, 0.4) is 0 Å². The normalized spacial score (nSPS) is 15.4. The quantitative estimate of drug-likeness (QED) is 0.356.